The molecule has 118 valence electrons. The Bertz CT molecular complexity index is 571. The maximum absolute atomic E-state index is 11.8. The topological polar surface area (TPSA) is 60.9 Å². The first-order chi connectivity index (χ1) is 9.92. The van der Waals surface area contributed by atoms with Crippen molar-refractivity contribution in [3.63, 3.8) is 0 Å². The Morgan fingerprint density at radius 1 is 1.29 bits per heavy atom. The molecule has 0 aromatic heterocycles. The molecule has 1 atom stereocenters. The van der Waals surface area contributed by atoms with Crippen LogP contribution in [0.4, 0.5) is 0 Å². The second kappa shape index (κ2) is 7.07. The molecule has 1 N–H and O–H groups in total. The zero-order valence-electron chi connectivity index (χ0n) is 12.1. The van der Waals surface area contributed by atoms with E-state index in [-0.39, 0.29) is 5.75 Å². The predicted molar refractivity (Wildman–Crippen MR) is 83.9 cm³/mol. The third-order valence-corrected chi connectivity index (χ3v) is 5.87. The first-order valence-corrected chi connectivity index (χ1v) is 9.05. The summed E-state index contributed by atoms with van der Waals surface area (Å²) in [6.07, 6.45) is -0.613. The summed E-state index contributed by atoms with van der Waals surface area (Å²) in [5.74, 6) is 0.137. The van der Waals surface area contributed by atoms with Gasteiger partial charge in [-0.3, -0.25) is 4.90 Å². The molecule has 0 amide bonds. The average molecular weight is 333 g/mol. The van der Waals surface area contributed by atoms with Crippen molar-refractivity contribution in [2.75, 3.05) is 38.5 Å². The minimum atomic E-state index is -3.10. The second-order valence-corrected chi connectivity index (χ2v) is 7.87. The van der Waals surface area contributed by atoms with Crippen molar-refractivity contribution in [2.24, 2.45) is 0 Å². The van der Waals surface area contributed by atoms with Gasteiger partial charge in [-0.05, 0) is 24.6 Å². The number of hydrogen-bond donors (Lipinski definition) is 1. The summed E-state index contributed by atoms with van der Waals surface area (Å²) in [6, 6.07) is 7.18. The van der Waals surface area contributed by atoms with Crippen LogP contribution in [0, 0.1) is 0 Å². The molecule has 21 heavy (non-hydrogen) atoms. The summed E-state index contributed by atoms with van der Waals surface area (Å²) in [5, 5.41) is 10.8. The van der Waals surface area contributed by atoms with Gasteiger partial charge in [-0.1, -0.05) is 23.7 Å². The van der Waals surface area contributed by atoms with Crippen LogP contribution < -0.4 is 0 Å². The van der Waals surface area contributed by atoms with E-state index >= 15 is 0 Å². The number of aliphatic hydroxyl groups excluding tert-OH is 1. The van der Waals surface area contributed by atoms with Crippen molar-refractivity contribution in [1.29, 1.82) is 0 Å². The van der Waals surface area contributed by atoms with E-state index in [2.05, 4.69) is 4.90 Å². The SMILES string of the molecule is CCS(=O)(=O)N1CCN(CC(O)c2cccc(Cl)c2)CC1. The third kappa shape index (κ3) is 4.40. The predicted octanol–water partition coefficient (Wildman–Crippen LogP) is 1.34. The van der Waals surface area contributed by atoms with Crippen LogP contribution in [0.1, 0.15) is 18.6 Å². The number of hydrogen-bond acceptors (Lipinski definition) is 4. The standard InChI is InChI=1S/C14H21ClN2O3S/c1-2-21(19,20)17-8-6-16(7-9-17)11-14(18)12-4-3-5-13(15)10-12/h3-5,10,14,18H,2,6-9,11H2,1H3. The molecule has 0 radical (unpaired) electrons. The highest BCUT2D eigenvalue weighted by atomic mass is 35.5. The van der Waals surface area contributed by atoms with Gasteiger partial charge >= 0.3 is 0 Å². The largest absolute Gasteiger partial charge is 0.387 e. The first-order valence-electron chi connectivity index (χ1n) is 7.06. The van der Waals surface area contributed by atoms with Crippen molar-refractivity contribution in [1.82, 2.24) is 9.21 Å². The fourth-order valence-electron chi connectivity index (χ4n) is 2.44. The van der Waals surface area contributed by atoms with Gasteiger partial charge < -0.3 is 5.11 Å². The lowest BCUT2D eigenvalue weighted by Crippen LogP contribution is -2.49. The smallest absolute Gasteiger partial charge is 0.213 e. The first kappa shape index (κ1) is 16.7. The van der Waals surface area contributed by atoms with Crippen molar-refractivity contribution >= 4 is 21.6 Å². The molecule has 0 spiro atoms. The molecule has 7 heteroatoms. The van der Waals surface area contributed by atoms with E-state index in [1.807, 2.05) is 12.1 Å². The molecule has 1 fully saturated rings. The van der Waals surface area contributed by atoms with Gasteiger partial charge in [0.1, 0.15) is 0 Å². The molecule has 0 saturated carbocycles. The Hall–Kier alpha value is -0.660. The van der Waals surface area contributed by atoms with Crippen LogP contribution >= 0.6 is 11.6 Å². The number of rotatable bonds is 5. The lowest BCUT2D eigenvalue weighted by molar-refractivity contribution is 0.0921. The van der Waals surface area contributed by atoms with Gasteiger partial charge in [-0.2, -0.15) is 4.31 Å². The fraction of sp³-hybridized carbons (Fsp3) is 0.571. The third-order valence-electron chi connectivity index (χ3n) is 3.75. The highest BCUT2D eigenvalue weighted by molar-refractivity contribution is 7.89. The molecule has 2 rings (SSSR count). The monoisotopic (exact) mass is 332 g/mol. The number of aliphatic hydroxyl groups is 1. The van der Waals surface area contributed by atoms with Crippen molar-refractivity contribution in [3.8, 4) is 0 Å². The van der Waals surface area contributed by atoms with Gasteiger partial charge in [0.25, 0.3) is 0 Å². The fourth-order valence-corrected chi connectivity index (χ4v) is 3.72. The molecule has 5 nitrogen and oxygen atoms in total. The summed E-state index contributed by atoms with van der Waals surface area (Å²) in [7, 11) is -3.10. The van der Waals surface area contributed by atoms with Crippen LogP contribution in [0.15, 0.2) is 24.3 Å². The van der Waals surface area contributed by atoms with Crippen LogP contribution in [0.5, 0.6) is 0 Å². The molecule has 1 aromatic rings. The van der Waals surface area contributed by atoms with E-state index < -0.39 is 16.1 Å². The Morgan fingerprint density at radius 3 is 2.52 bits per heavy atom. The lowest BCUT2D eigenvalue weighted by atomic mass is 10.1. The van der Waals surface area contributed by atoms with E-state index in [0.717, 1.165) is 5.56 Å². The molecule has 1 aliphatic heterocycles. The molecular weight excluding hydrogens is 312 g/mol. The van der Waals surface area contributed by atoms with Gasteiger partial charge in [-0.15, -0.1) is 0 Å². The van der Waals surface area contributed by atoms with Crippen LogP contribution in [0.3, 0.4) is 0 Å². The van der Waals surface area contributed by atoms with Gasteiger partial charge in [0.2, 0.25) is 10.0 Å². The molecule has 1 unspecified atom stereocenters. The number of piperazine rings is 1. The molecule has 1 aromatic carbocycles. The van der Waals surface area contributed by atoms with E-state index in [1.165, 1.54) is 4.31 Å². The molecular formula is C14H21ClN2O3S. The Kier molecular flexibility index (Phi) is 5.62. The molecule has 1 saturated heterocycles. The quantitative estimate of drug-likeness (QED) is 0.884. The maximum Gasteiger partial charge on any atom is 0.213 e. The van der Waals surface area contributed by atoms with Gasteiger partial charge in [0.05, 0.1) is 11.9 Å². The number of halogens is 1. The van der Waals surface area contributed by atoms with Crippen molar-refractivity contribution < 1.29 is 13.5 Å². The van der Waals surface area contributed by atoms with E-state index in [0.29, 0.717) is 37.7 Å². The van der Waals surface area contributed by atoms with E-state index in [1.54, 1.807) is 19.1 Å². The normalized spacial score (nSPS) is 19.6. The summed E-state index contributed by atoms with van der Waals surface area (Å²) >= 11 is 5.92. The Balaban J connectivity index is 1.89. The number of benzene rings is 1. The zero-order valence-corrected chi connectivity index (χ0v) is 13.6. The van der Waals surface area contributed by atoms with Gasteiger partial charge in [0.15, 0.2) is 0 Å². The maximum atomic E-state index is 11.8. The number of nitrogens with zero attached hydrogens (tertiary/aromatic N) is 2. The summed E-state index contributed by atoms with van der Waals surface area (Å²) in [5.41, 5.74) is 0.783. The second-order valence-electron chi connectivity index (χ2n) is 5.17. The highest BCUT2D eigenvalue weighted by Gasteiger charge is 2.26. The van der Waals surface area contributed by atoms with E-state index in [9.17, 15) is 13.5 Å². The molecule has 1 heterocycles. The molecule has 0 aliphatic carbocycles. The highest BCUT2D eigenvalue weighted by Crippen LogP contribution is 2.19. The zero-order chi connectivity index (χ0) is 15.5. The minimum absolute atomic E-state index is 0.137. The number of sulfonamides is 1. The number of β-amino-alcohol motifs (C(OH)–C–C–N with tert-alkyl or cyclic N) is 1. The van der Waals surface area contributed by atoms with Crippen molar-refractivity contribution in [2.45, 2.75) is 13.0 Å². The summed E-state index contributed by atoms with van der Waals surface area (Å²) < 4.78 is 25.1. The average Bonchev–Trinajstić information content (AvgIpc) is 2.48. The van der Waals surface area contributed by atoms with Crippen LogP contribution in [0.25, 0.3) is 0 Å². The minimum Gasteiger partial charge on any atom is -0.387 e. The van der Waals surface area contributed by atoms with Gasteiger partial charge in [0, 0.05) is 37.7 Å². The molecule has 0 bridgehead atoms. The summed E-state index contributed by atoms with van der Waals surface area (Å²) in [6.45, 7) is 4.38. The summed E-state index contributed by atoms with van der Waals surface area (Å²) in [4.78, 5) is 2.08. The van der Waals surface area contributed by atoms with Gasteiger partial charge in [-0.25, -0.2) is 8.42 Å². The van der Waals surface area contributed by atoms with Crippen LogP contribution in [-0.4, -0.2) is 61.2 Å². The van der Waals surface area contributed by atoms with Crippen LogP contribution in [0.2, 0.25) is 5.02 Å². The Labute approximate surface area is 131 Å². The van der Waals surface area contributed by atoms with Crippen molar-refractivity contribution in [3.05, 3.63) is 34.9 Å². The molecule has 1 aliphatic rings. The Morgan fingerprint density at radius 2 is 1.95 bits per heavy atom. The van der Waals surface area contributed by atoms with E-state index in [4.69, 9.17) is 11.6 Å². The van der Waals surface area contributed by atoms with Crippen LogP contribution in [-0.2, 0) is 10.0 Å². The lowest BCUT2D eigenvalue weighted by Gasteiger charge is -2.34.